The number of aldehydes is 2. The molecule has 0 amide bonds. The molecule has 0 aliphatic rings. The van der Waals surface area contributed by atoms with Crippen molar-refractivity contribution in [3.05, 3.63) is 96.1 Å². The first-order valence-electron chi connectivity index (χ1n) is 8.44. The van der Waals surface area contributed by atoms with E-state index in [1.165, 1.54) is 5.39 Å². The van der Waals surface area contributed by atoms with Gasteiger partial charge in [-0.05, 0) is 33.5 Å². The van der Waals surface area contributed by atoms with Gasteiger partial charge in [0.25, 0.3) is 0 Å². The molecule has 26 heavy (non-hydrogen) atoms. The highest BCUT2D eigenvalue weighted by molar-refractivity contribution is 6.01. The molecule has 0 bridgehead atoms. The van der Waals surface area contributed by atoms with Crippen LogP contribution < -0.4 is 0 Å². The summed E-state index contributed by atoms with van der Waals surface area (Å²) in [5.41, 5.74) is 4.65. The zero-order chi connectivity index (χ0) is 17.9. The van der Waals surface area contributed by atoms with Crippen LogP contribution in [-0.2, 0) is 0 Å². The summed E-state index contributed by atoms with van der Waals surface area (Å²) in [5, 5.41) is 2.33. The third kappa shape index (κ3) is 2.72. The molecule has 0 atom stereocenters. The lowest BCUT2D eigenvalue weighted by Crippen LogP contribution is -1.96. The summed E-state index contributed by atoms with van der Waals surface area (Å²) in [7, 11) is 0. The molecule has 0 radical (unpaired) electrons. The summed E-state index contributed by atoms with van der Waals surface area (Å²) >= 11 is 0. The van der Waals surface area contributed by atoms with Gasteiger partial charge in [0.1, 0.15) is 0 Å². The van der Waals surface area contributed by atoms with E-state index >= 15 is 0 Å². The van der Waals surface area contributed by atoms with Crippen LogP contribution in [0, 0.1) is 0 Å². The van der Waals surface area contributed by atoms with Crippen molar-refractivity contribution in [3.8, 4) is 22.3 Å². The van der Waals surface area contributed by atoms with Crippen LogP contribution in [0.5, 0.6) is 0 Å². The highest BCUT2D eigenvalue weighted by Gasteiger charge is 2.14. The van der Waals surface area contributed by atoms with Gasteiger partial charge >= 0.3 is 0 Å². The maximum atomic E-state index is 11.6. The number of fused-ring (bicyclic) bond motifs is 1. The highest BCUT2D eigenvalue weighted by atomic mass is 16.1. The summed E-state index contributed by atoms with van der Waals surface area (Å²) < 4.78 is 0. The molecule has 0 N–H and O–H groups in total. The molecule has 0 aromatic heterocycles. The van der Waals surface area contributed by atoms with E-state index in [9.17, 15) is 9.59 Å². The van der Waals surface area contributed by atoms with Crippen LogP contribution >= 0.6 is 0 Å². The van der Waals surface area contributed by atoms with Crippen molar-refractivity contribution in [1.82, 2.24) is 0 Å². The number of carbonyl (C=O) groups excluding carboxylic acids is 2. The SMILES string of the molecule is O=Cc1cccc(C=O)c1-c1ccccc1-c1ccc2ccccc2c1. The third-order valence-electron chi connectivity index (χ3n) is 4.64. The van der Waals surface area contributed by atoms with E-state index in [0.29, 0.717) is 16.7 Å². The Bertz CT molecular complexity index is 1100. The van der Waals surface area contributed by atoms with Gasteiger partial charge in [-0.1, -0.05) is 78.9 Å². The summed E-state index contributed by atoms with van der Waals surface area (Å²) in [6.07, 6.45) is 1.61. The Hall–Kier alpha value is -3.52. The van der Waals surface area contributed by atoms with Crippen LogP contribution in [0.4, 0.5) is 0 Å². The lowest BCUT2D eigenvalue weighted by molar-refractivity contribution is 0.112. The number of hydrogen-bond acceptors (Lipinski definition) is 2. The fourth-order valence-corrected chi connectivity index (χ4v) is 3.41. The second-order valence-corrected chi connectivity index (χ2v) is 6.15. The van der Waals surface area contributed by atoms with Crippen LogP contribution in [0.25, 0.3) is 33.0 Å². The van der Waals surface area contributed by atoms with Crippen molar-refractivity contribution in [1.29, 1.82) is 0 Å². The highest BCUT2D eigenvalue weighted by Crippen LogP contribution is 2.36. The van der Waals surface area contributed by atoms with E-state index in [-0.39, 0.29) is 0 Å². The molecule has 0 saturated carbocycles. The normalized spacial score (nSPS) is 10.6. The minimum atomic E-state index is 0.517. The van der Waals surface area contributed by atoms with Crippen molar-refractivity contribution in [2.75, 3.05) is 0 Å². The van der Waals surface area contributed by atoms with Gasteiger partial charge in [-0.3, -0.25) is 9.59 Å². The molecule has 0 aliphatic heterocycles. The first kappa shape index (κ1) is 16.0. The Morgan fingerprint density at radius 1 is 0.538 bits per heavy atom. The van der Waals surface area contributed by atoms with Crippen molar-refractivity contribution >= 4 is 23.3 Å². The molecule has 0 fully saturated rings. The van der Waals surface area contributed by atoms with Crippen LogP contribution in [0.2, 0.25) is 0 Å². The molecule has 4 aromatic carbocycles. The molecular formula is C24H16O2. The van der Waals surface area contributed by atoms with Crippen LogP contribution in [0.1, 0.15) is 20.7 Å². The van der Waals surface area contributed by atoms with Gasteiger partial charge in [-0.15, -0.1) is 0 Å². The lowest BCUT2D eigenvalue weighted by atomic mass is 9.89. The van der Waals surface area contributed by atoms with Crippen LogP contribution in [-0.4, -0.2) is 12.6 Å². The fraction of sp³-hybridized carbons (Fsp3) is 0. The number of hydrogen-bond donors (Lipinski definition) is 0. The monoisotopic (exact) mass is 336 g/mol. The van der Waals surface area contributed by atoms with Crippen LogP contribution in [0.15, 0.2) is 84.9 Å². The zero-order valence-electron chi connectivity index (χ0n) is 14.1. The maximum Gasteiger partial charge on any atom is 0.150 e. The molecule has 4 rings (SSSR count). The Morgan fingerprint density at radius 2 is 1.15 bits per heavy atom. The largest absolute Gasteiger partial charge is 0.298 e. The van der Waals surface area contributed by atoms with Crippen molar-refractivity contribution in [2.45, 2.75) is 0 Å². The minimum absolute atomic E-state index is 0.517. The topological polar surface area (TPSA) is 34.1 Å². The van der Waals surface area contributed by atoms with E-state index in [2.05, 4.69) is 30.3 Å². The lowest BCUT2D eigenvalue weighted by Gasteiger charge is -2.14. The van der Waals surface area contributed by atoms with E-state index in [1.807, 2.05) is 36.4 Å². The van der Waals surface area contributed by atoms with Gasteiger partial charge in [0.15, 0.2) is 12.6 Å². The molecular weight excluding hydrogens is 320 g/mol. The first-order valence-corrected chi connectivity index (χ1v) is 8.44. The molecule has 124 valence electrons. The molecule has 0 unspecified atom stereocenters. The van der Waals surface area contributed by atoms with Crippen LogP contribution in [0.3, 0.4) is 0 Å². The molecule has 2 nitrogen and oxygen atoms in total. The Morgan fingerprint density at radius 3 is 1.85 bits per heavy atom. The third-order valence-corrected chi connectivity index (χ3v) is 4.64. The molecule has 0 saturated heterocycles. The summed E-state index contributed by atoms with van der Waals surface area (Å²) in [4.78, 5) is 23.2. The Kier molecular flexibility index (Phi) is 4.16. The quantitative estimate of drug-likeness (QED) is 0.441. The number of rotatable bonds is 4. The average Bonchev–Trinajstić information content (AvgIpc) is 2.72. The molecule has 4 aromatic rings. The predicted molar refractivity (Wildman–Crippen MR) is 106 cm³/mol. The zero-order valence-corrected chi connectivity index (χ0v) is 14.1. The minimum Gasteiger partial charge on any atom is -0.298 e. The van der Waals surface area contributed by atoms with Gasteiger partial charge in [0.2, 0.25) is 0 Å². The van der Waals surface area contributed by atoms with Crippen molar-refractivity contribution < 1.29 is 9.59 Å². The number of benzene rings is 4. The standard InChI is InChI=1S/C24H16O2/c25-15-20-8-5-9-21(16-26)24(20)23-11-4-3-10-22(23)19-13-12-17-6-1-2-7-18(17)14-19/h1-16H. The smallest absolute Gasteiger partial charge is 0.150 e. The maximum absolute atomic E-state index is 11.6. The van der Waals surface area contributed by atoms with Crippen molar-refractivity contribution in [3.63, 3.8) is 0 Å². The first-order chi connectivity index (χ1) is 12.8. The van der Waals surface area contributed by atoms with Crippen molar-refractivity contribution in [2.24, 2.45) is 0 Å². The second-order valence-electron chi connectivity index (χ2n) is 6.15. The van der Waals surface area contributed by atoms with Gasteiger partial charge in [-0.25, -0.2) is 0 Å². The van der Waals surface area contributed by atoms with E-state index < -0.39 is 0 Å². The molecule has 2 heteroatoms. The Balaban J connectivity index is 1.99. The average molecular weight is 336 g/mol. The Labute approximate surface area is 151 Å². The van der Waals surface area contributed by atoms with Gasteiger partial charge < -0.3 is 0 Å². The summed E-state index contributed by atoms with van der Waals surface area (Å²) in [6, 6.07) is 27.6. The summed E-state index contributed by atoms with van der Waals surface area (Å²) in [6.45, 7) is 0. The van der Waals surface area contributed by atoms with Gasteiger partial charge in [0.05, 0.1) is 0 Å². The molecule has 0 aliphatic carbocycles. The predicted octanol–water partition coefficient (Wildman–Crippen LogP) is 5.80. The van der Waals surface area contributed by atoms with E-state index in [1.54, 1.807) is 18.2 Å². The second kappa shape index (κ2) is 6.77. The molecule has 0 heterocycles. The van der Waals surface area contributed by atoms with E-state index in [0.717, 1.165) is 34.6 Å². The summed E-state index contributed by atoms with van der Waals surface area (Å²) in [5.74, 6) is 0. The van der Waals surface area contributed by atoms with E-state index in [4.69, 9.17) is 0 Å². The van der Waals surface area contributed by atoms with Gasteiger partial charge in [0, 0.05) is 16.7 Å². The van der Waals surface area contributed by atoms with Gasteiger partial charge in [-0.2, -0.15) is 0 Å². The molecule has 0 spiro atoms. The fourth-order valence-electron chi connectivity index (χ4n) is 3.41. The number of carbonyl (C=O) groups is 2.